The first-order valence-corrected chi connectivity index (χ1v) is 12.1. The molecule has 0 radical (unpaired) electrons. The Morgan fingerprint density at radius 1 is 1.16 bits per heavy atom. The first kappa shape index (κ1) is 23.5. The quantitative estimate of drug-likeness (QED) is 0.627. The molecule has 2 N–H and O–H groups in total. The Kier molecular flexibility index (Phi) is 7.35. The summed E-state index contributed by atoms with van der Waals surface area (Å²) < 4.78 is 28.1. The standard InChI is InChI=1S/C24H29N3O4S/c1-4-12-25-23(28)20-8-6-13-27(16-20)24(29)19-7-5-9-21(15-19)26-32(30,31)22-11-10-17(2)18(3)14-22/h4-5,7,9-11,14-15,20,26H,1,6,8,12-13,16H2,2-3H3,(H,25,28). The fourth-order valence-corrected chi connectivity index (χ4v) is 4.82. The molecule has 0 aliphatic carbocycles. The Hall–Kier alpha value is -3.13. The first-order valence-electron chi connectivity index (χ1n) is 10.6. The number of likely N-dealkylation sites (tertiary alicyclic amines) is 1. The largest absolute Gasteiger partial charge is 0.352 e. The third kappa shape index (κ3) is 5.56. The van der Waals surface area contributed by atoms with E-state index < -0.39 is 10.0 Å². The number of nitrogens with one attached hydrogen (secondary N) is 2. The third-order valence-electron chi connectivity index (χ3n) is 5.65. The average molecular weight is 456 g/mol. The second-order valence-electron chi connectivity index (χ2n) is 8.06. The summed E-state index contributed by atoms with van der Waals surface area (Å²) in [5, 5.41) is 2.79. The molecule has 32 heavy (non-hydrogen) atoms. The number of carbonyl (C=O) groups excluding carboxylic acids is 2. The molecule has 0 spiro atoms. The van der Waals surface area contributed by atoms with Gasteiger partial charge in [0.2, 0.25) is 5.91 Å². The summed E-state index contributed by atoms with van der Waals surface area (Å²) >= 11 is 0. The second kappa shape index (κ2) is 9.99. The van der Waals surface area contributed by atoms with E-state index in [2.05, 4.69) is 16.6 Å². The number of carbonyl (C=O) groups is 2. The van der Waals surface area contributed by atoms with Gasteiger partial charge in [-0.25, -0.2) is 8.42 Å². The van der Waals surface area contributed by atoms with Crippen LogP contribution in [-0.4, -0.2) is 44.8 Å². The molecular formula is C24H29N3O4S. The van der Waals surface area contributed by atoms with Gasteiger partial charge in [0.15, 0.2) is 0 Å². The van der Waals surface area contributed by atoms with Crippen molar-refractivity contribution in [1.82, 2.24) is 10.2 Å². The lowest BCUT2D eigenvalue weighted by atomic mass is 9.96. The normalized spacial score (nSPS) is 16.3. The van der Waals surface area contributed by atoms with Crippen LogP contribution in [0.1, 0.15) is 34.3 Å². The van der Waals surface area contributed by atoms with E-state index >= 15 is 0 Å². The highest BCUT2D eigenvalue weighted by Gasteiger charge is 2.29. The SMILES string of the molecule is C=CCNC(=O)C1CCCN(C(=O)c2cccc(NS(=O)(=O)c3ccc(C)c(C)c3)c2)C1. The highest BCUT2D eigenvalue weighted by Crippen LogP contribution is 2.22. The summed E-state index contributed by atoms with van der Waals surface area (Å²) in [5.74, 6) is -0.574. The number of hydrogen-bond acceptors (Lipinski definition) is 4. The number of hydrogen-bond donors (Lipinski definition) is 2. The van der Waals surface area contributed by atoms with Gasteiger partial charge in [-0.3, -0.25) is 14.3 Å². The molecule has 2 amide bonds. The Labute approximate surface area is 189 Å². The van der Waals surface area contributed by atoms with Gasteiger partial charge in [0.05, 0.1) is 10.8 Å². The van der Waals surface area contributed by atoms with Gasteiger partial charge in [-0.05, 0) is 68.1 Å². The van der Waals surface area contributed by atoms with Gasteiger partial charge in [-0.1, -0.05) is 18.2 Å². The van der Waals surface area contributed by atoms with Crippen LogP contribution in [0.15, 0.2) is 60.0 Å². The minimum atomic E-state index is -3.78. The number of aryl methyl sites for hydroxylation is 2. The van der Waals surface area contributed by atoms with E-state index in [0.29, 0.717) is 30.9 Å². The van der Waals surface area contributed by atoms with Crippen LogP contribution < -0.4 is 10.0 Å². The van der Waals surface area contributed by atoms with Crippen LogP contribution in [-0.2, 0) is 14.8 Å². The van der Waals surface area contributed by atoms with E-state index in [4.69, 9.17) is 0 Å². The summed E-state index contributed by atoms with van der Waals surface area (Å²) in [6, 6.07) is 11.4. The molecule has 1 aliphatic rings. The molecule has 8 heteroatoms. The van der Waals surface area contributed by atoms with Gasteiger partial charge in [0, 0.05) is 30.9 Å². The maximum absolute atomic E-state index is 13.1. The van der Waals surface area contributed by atoms with Crippen molar-refractivity contribution in [3.63, 3.8) is 0 Å². The lowest BCUT2D eigenvalue weighted by Gasteiger charge is -2.32. The number of sulfonamides is 1. The molecule has 1 aliphatic heterocycles. The van der Waals surface area contributed by atoms with E-state index in [-0.39, 0.29) is 22.6 Å². The van der Waals surface area contributed by atoms with Crippen molar-refractivity contribution in [1.29, 1.82) is 0 Å². The number of rotatable bonds is 7. The summed E-state index contributed by atoms with van der Waals surface area (Å²) in [6.45, 7) is 8.66. The molecule has 1 fully saturated rings. The fourth-order valence-electron chi connectivity index (χ4n) is 3.69. The van der Waals surface area contributed by atoms with Gasteiger partial charge in [0.25, 0.3) is 15.9 Å². The monoisotopic (exact) mass is 455 g/mol. The van der Waals surface area contributed by atoms with Crippen LogP contribution >= 0.6 is 0 Å². The smallest absolute Gasteiger partial charge is 0.261 e. The predicted octanol–water partition coefficient (Wildman–Crippen LogP) is 3.26. The molecule has 2 aromatic carbocycles. The minimum Gasteiger partial charge on any atom is -0.352 e. The molecule has 1 atom stereocenters. The number of amides is 2. The fraction of sp³-hybridized carbons (Fsp3) is 0.333. The van der Waals surface area contributed by atoms with E-state index in [1.807, 2.05) is 13.8 Å². The number of nitrogens with zero attached hydrogens (tertiary/aromatic N) is 1. The molecule has 0 saturated carbocycles. The van der Waals surface area contributed by atoms with Crippen LogP contribution in [0.2, 0.25) is 0 Å². The number of benzene rings is 2. The Bertz CT molecular complexity index is 1130. The maximum Gasteiger partial charge on any atom is 0.261 e. The lowest BCUT2D eigenvalue weighted by Crippen LogP contribution is -2.45. The van der Waals surface area contributed by atoms with Crippen LogP contribution in [0.25, 0.3) is 0 Å². The van der Waals surface area contributed by atoms with Gasteiger partial charge in [0.1, 0.15) is 0 Å². The van der Waals surface area contributed by atoms with Crippen molar-refractivity contribution in [2.75, 3.05) is 24.4 Å². The highest BCUT2D eigenvalue weighted by atomic mass is 32.2. The van der Waals surface area contributed by atoms with E-state index in [1.165, 1.54) is 6.07 Å². The van der Waals surface area contributed by atoms with Gasteiger partial charge >= 0.3 is 0 Å². The molecule has 3 rings (SSSR count). The molecule has 1 unspecified atom stereocenters. The molecule has 170 valence electrons. The highest BCUT2D eigenvalue weighted by molar-refractivity contribution is 7.92. The zero-order valence-electron chi connectivity index (χ0n) is 18.4. The van der Waals surface area contributed by atoms with Crippen LogP contribution in [0, 0.1) is 19.8 Å². The van der Waals surface area contributed by atoms with Crippen molar-refractivity contribution in [3.05, 3.63) is 71.8 Å². The van der Waals surface area contributed by atoms with Crippen molar-refractivity contribution >= 4 is 27.5 Å². The Balaban J connectivity index is 1.73. The van der Waals surface area contributed by atoms with Crippen molar-refractivity contribution < 1.29 is 18.0 Å². The summed E-state index contributed by atoms with van der Waals surface area (Å²) in [5.41, 5.74) is 2.58. The molecule has 7 nitrogen and oxygen atoms in total. The first-order chi connectivity index (χ1) is 15.2. The zero-order chi connectivity index (χ0) is 23.3. The van der Waals surface area contributed by atoms with E-state index in [0.717, 1.165) is 24.0 Å². The average Bonchev–Trinajstić information content (AvgIpc) is 2.78. The summed E-state index contributed by atoms with van der Waals surface area (Å²) in [7, 11) is -3.78. The number of anilines is 1. The van der Waals surface area contributed by atoms with Gasteiger partial charge in [-0.15, -0.1) is 6.58 Å². The molecule has 2 aromatic rings. The topological polar surface area (TPSA) is 95.6 Å². The third-order valence-corrected chi connectivity index (χ3v) is 7.03. The lowest BCUT2D eigenvalue weighted by molar-refractivity contribution is -0.126. The van der Waals surface area contributed by atoms with E-state index in [1.54, 1.807) is 47.4 Å². The van der Waals surface area contributed by atoms with Crippen LogP contribution in [0.5, 0.6) is 0 Å². The van der Waals surface area contributed by atoms with E-state index in [9.17, 15) is 18.0 Å². The molecule has 1 heterocycles. The minimum absolute atomic E-state index is 0.0858. The second-order valence-corrected chi connectivity index (χ2v) is 9.74. The molecule has 0 aromatic heterocycles. The Morgan fingerprint density at radius 2 is 1.94 bits per heavy atom. The zero-order valence-corrected chi connectivity index (χ0v) is 19.2. The Morgan fingerprint density at radius 3 is 2.66 bits per heavy atom. The summed E-state index contributed by atoms with van der Waals surface area (Å²) in [4.78, 5) is 27.2. The van der Waals surface area contributed by atoms with Crippen molar-refractivity contribution in [2.45, 2.75) is 31.6 Å². The molecular weight excluding hydrogens is 426 g/mol. The van der Waals surface area contributed by atoms with Crippen LogP contribution in [0.4, 0.5) is 5.69 Å². The van der Waals surface area contributed by atoms with Crippen molar-refractivity contribution in [3.8, 4) is 0 Å². The van der Waals surface area contributed by atoms with Crippen LogP contribution in [0.3, 0.4) is 0 Å². The molecule has 1 saturated heterocycles. The van der Waals surface area contributed by atoms with Gasteiger partial charge < -0.3 is 10.2 Å². The number of piperidine rings is 1. The molecule has 0 bridgehead atoms. The van der Waals surface area contributed by atoms with Gasteiger partial charge in [-0.2, -0.15) is 0 Å². The predicted molar refractivity (Wildman–Crippen MR) is 125 cm³/mol. The maximum atomic E-state index is 13.1. The van der Waals surface area contributed by atoms with Crippen molar-refractivity contribution in [2.24, 2.45) is 5.92 Å². The summed E-state index contributed by atoms with van der Waals surface area (Å²) in [6.07, 6.45) is 3.08.